The lowest BCUT2D eigenvalue weighted by molar-refractivity contribution is -0.129. The normalized spacial score (nSPS) is 14.4. The third-order valence-corrected chi connectivity index (χ3v) is 2.93. The summed E-state index contributed by atoms with van der Waals surface area (Å²) in [6.07, 6.45) is 2.96. The van der Waals surface area contributed by atoms with Crippen molar-refractivity contribution in [1.29, 1.82) is 0 Å². The fourth-order valence-electron chi connectivity index (χ4n) is 1.89. The van der Waals surface area contributed by atoms with Gasteiger partial charge in [-0.1, -0.05) is 0 Å². The van der Waals surface area contributed by atoms with Gasteiger partial charge in [0.05, 0.1) is 12.1 Å². The van der Waals surface area contributed by atoms with Gasteiger partial charge >= 0.3 is 5.97 Å². The van der Waals surface area contributed by atoms with Crippen LogP contribution in [0.4, 0.5) is 0 Å². The van der Waals surface area contributed by atoms with Gasteiger partial charge in [0.1, 0.15) is 6.26 Å². The van der Waals surface area contributed by atoms with E-state index in [-0.39, 0.29) is 23.8 Å². The number of carbonyl (C=O) groups is 3. The number of hydrogen-bond acceptors (Lipinski definition) is 4. The van der Waals surface area contributed by atoms with Gasteiger partial charge in [-0.05, 0) is 12.8 Å². The van der Waals surface area contributed by atoms with Crippen molar-refractivity contribution in [2.45, 2.75) is 12.8 Å². The van der Waals surface area contributed by atoms with Gasteiger partial charge in [-0.3, -0.25) is 9.59 Å². The summed E-state index contributed by atoms with van der Waals surface area (Å²) in [6, 6.07) is 1.12. The number of aromatic carboxylic acids is 1. The van der Waals surface area contributed by atoms with E-state index in [2.05, 4.69) is 5.32 Å². The molecule has 2 rings (SSSR count). The highest BCUT2D eigenvalue weighted by Crippen LogP contribution is 2.08. The van der Waals surface area contributed by atoms with Crippen LogP contribution in [0.1, 0.15) is 33.8 Å². The summed E-state index contributed by atoms with van der Waals surface area (Å²) in [4.78, 5) is 35.6. The van der Waals surface area contributed by atoms with Crippen molar-refractivity contribution in [3.63, 3.8) is 0 Å². The van der Waals surface area contributed by atoms with Gasteiger partial charge in [0.2, 0.25) is 5.91 Å². The number of likely N-dealkylation sites (tertiary alicyclic amines) is 1. The van der Waals surface area contributed by atoms with Gasteiger partial charge < -0.3 is 19.7 Å². The predicted octanol–water partition coefficient (Wildman–Crippen LogP) is 0.330. The smallest absolute Gasteiger partial charge is 0.338 e. The Hall–Kier alpha value is -2.31. The van der Waals surface area contributed by atoms with Crippen LogP contribution < -0.4 is 5.32 Å². The molecule has 0 aromatic carbocycles. The summed E-state index contributed by atoms with van der Waals surface area (Å²) < 4.78 is 4.83. The molecule has 1 fully saturated rings. The molecule has 1 aromatic rings. The first-order chi connectivity index (χ1) is 9.08. The van der Waals surface area contributed by atoms with Crippen molar-refractivity contribution >= 4 is 17.8 Å². The molecule has 1 saturated heterocycles. The van der Waals surface area contributed by atoms with E-state index in [1.54, 1.807) is 4.90 Å². The van der Waals surface area contributed by atoms with Gasteiger partial charge in [-0.15, -0.1) is 0 Å². The van der Waals surface area contributed by atoms with Crippen LogP contribution in [-0.2, 0) is 4.79 Å². The van der Waals surface area contributed by atoms with E-state index in [9.17, 15) is 14.4 Å². The largest absolute Gasteiger partial charge is 0.478 e. The van der Waals surface area contributed by atoms with Crippen LogP contribution in [0.15, 0.2) is 16.7 Å². The second kappa shape index (κ2) is 5.55. The molecule has 1 aliphatic heterocycles. The number of hydrogen-bond donors (Lipinski definition) is 2. The minimum atomic E-state index is -1.17. The van der Waals surface area contributed by atoms with Crippen LogP contribution in [-0.4, -0.2) is 47.4 Å². The fourth-order valence-corrected chi connectivity index (χ4v) is 1.89. The van der Waals surface area contributed by atoms with Gasteiger partial charge in [-0.2, -0.15) is 0 Å². The van der Waals surface area contributed by atoms with Crippen molar-refractivity contribution in [2.24, 2.45) is 0 Å². The topological polar surface area (TPSA) is 99.8 Å². The second-order valence-corrected chi connectivity index (χ2v) is 4.28. The summed E-state index contributed by atoms with van der Waals surface area (Å²) in [6.45, 7) is 1.33. The minimum Gasteiger partial charge on any atom is -0.478 e. The first kappa shape index (κ1) is 13.1. The molecule has 0 aliphatic carbocycles. The standard InChI is InChI=1S/C12H14N2O5/c15-10(14-3-1-2-4-14)6-13-11(16)9-5-8(7-19-9)12(17)18/h5,7H,1-4,6H2,(H,13,16)(H,17,18). The molecule has 1 aliphatic rings. The van der Waals surface area contributed by atoms with Gasteiger partial charge in [0, 0.05) is 19.2 Å². The molecular formula is C12H14N2O5. The van der Waals surface area contributed by atoms with Crippen molar-refractivity contribution in [3.8, 4) is 0 Å². The first-order valence-corrected chi connectivity index (χ1v) is 5.96. The minimum absolute atomic E-state index is 0.101. The third kappa shape index (κ3) is 3.12. The van der Waals surface area contributed by atoms with Gasteiger partial charge in [0.25, 0.3) is 5.91 Å². The molecule has 19 heavy (non-hydrogen) atoms. The van der Waals surface area contributed by atoms with E-state index >= 15 is 0 Å². The Morgan fingerprint density at radius 3 is 2.58 bits per heavy atom. The highest BCUT2D eigenvalue weighted by Gasteiger charge is 2.20. The molecule has 0 bridgehead atoms. The molecule has 0 atom stereocenters. The first-order valence-electron chi connectivity index (χ1n) is 5.96. The Bertz CT molecular complexity index is 502. The van der Waals surface area contributed by atoms with Crippen LogP contribution in [0.3, 0.4) is 0 Å². The lowest BCUT2D eigenvalue weighted by Gasteiger charge is -2.14. The molecule has 7 heteroatoms. The van der Waals surface area contributed by atoms with E-state index in [0.29, 0.717) is 0 Å². The Morgan fingerprint density at radius 2 is 2.00 bits per heavy atom. The summed E-state index contributed by atoms with van der Waals surface area (Å²) in [5.74, 6) is -2.03. The number of amides is 2. The zero-order chi connectivity index (χ0) is 13.8. The summed E-state index contributed by atoms with van der Waals surface area (Å²) in [5.41, 5.74) is -0.101. The van der Waals surface area contributed by atoms with Crippen molar-refractivity contribution in [3.05, 3.63) is 23.7 Å². The van der Waals surface area contributed by atoms with Crippen LogP contribution in [0.2, 0.25) is 0 Å². The van der Waals surface area contributed by atoms with Crippen LogP contribution in [0.25, 0.3) is 0 Å². The monoisotopic (exact) mass is 266 g/mol. The summed E-state index contributed by atoms with van der Waals surface area (Å²) in [5, 5.41) is 11.1. The van der Waals surface area contributed by atoms with Crippen molar-refractivity contribution in [1.82, 2.24) is 10.2 Å². The number of nitrogens with zero attached hydrogens (tertiary/aromatic N) is 1. The maximum atomic E-state index is 11.7. The average molecular weight is 266 g/mol. The molecule has 0 saturated carbocycles. The third-order valence-electron chi connectivity index (χ3n) is 2.93. The molecule has 0 unspecified atom stereocenters. The quantitative estimate of drug-likeness (QED) is 0.818. The van der Waals surface area contributed by atoms with Crippen LogP contribution in [0, 0.1) is 0 Å². The van der Waals surface area contributed by atoms with Crippen LogP contribution >= 0.6 is 0 Å². The summed E-state index contributed by atoms with van der Waals surface area (Å²) >= 11 is 0. The highest BCUT2D eigenvalue weighted by atomic mass is 16.4. The molecular weight excluding hydrogens is 252 g/mol. The number of furan rings is 1. The molecule has 7 nitrogen and oxygen atoms in total. The zero-order valence-corrected chi connectivity index (χ0v) is 10.2. The molecule has 2 N–H and O–H groups in total. The van der Waals surface area contributed by atoms with Gasteiger partial charge in [-0.25, -0.2) is 4.79 Å². The number of carboxylic acids is 1. The number of carbonyl (C=O) groups excluding carboxylic acids is 2. The Kier molecular flexibility index (Phi) is 3.84. The Morgan fingerprint density at radius 1 is 1.32 bits per heavy atom. The molecule has 2 heterocycles. The molecule has 1 aromatic heterocycles. The number of carboxylic acid groups (broad SMARTS) is 1. The lowest BCUT2D eigenvalue weighted by Crippen LogP contribution is -2.38. The second-order valence-electron chi connectivity index (χ2n) is 4.28. The predicted molar refractivity (Wildman–Crippen MR) is 63.8 cm³/mol. The van der Waals surface area contributed by atoms with Gasteiger partial charge in [0.15, 0.2) is 5.76 Å². The maximum Gasteiger partial charge on any atom is 0.338 e. The Balaban J connectivity index is 1.86. The van der Waals surface area contributed by atoms with E-state index < -0.39 is 11.9 Å². The van der Waals surface area contributed by atoms with Crippen molar-refractivity contribution in [2.75, 3.05) is 19.6 Å². The lowest BCUT2D eigenvalue weighted by atomic mass is 10.3. The molecule has 2 amide bonds. The zero-order valence-electron chi connectivity index (χ0n) is 10.2. The summed E-state index contributed by atoms with van der Waals surface area (Å²) in [7, 11) is 0. The van der Waals surface area contributed by atoms with E-state index in [4.69, 9.17) is 9.52 Å². The van der Waals surface area contributed by atoms with Crippen LogP contribution in [0.5, 0.6) is 0 Å². The average Bonchev–Trinajstić information content (AvgIpc) is 3.05. The molecule has 0 radical (unpaired) electrons. The molecule has 102 valence electrons. The van der Waals surface area contributed by atoms with Crippen molar-refractivity contribution < 1.29 is 23.9 Å². The molecule has 0 spiro atoms. The SMILES string of the molecule is O=C(O)c1coc(C(=O)NCC(=O)N2CCCC2)c1. The van der Waals surface area contributed by atoms with E-state index in [1.165, 1.54) is 0 Å². The van der Waals surface area contributed by atoms with E-state index in [0.717, 1.165) is 38.3 Å². The maximum absolute atomic E-state index is 11.7. The number of nitrogens with one attached hydrogen (secondary N) is 1. The fraction of sp³-hybridized carbons (Fsp3) is 0.417. The Labute approximate surface area is 109 Å². The number of rotatable bonds is 4. The highest BCUT2D eigenvalue weighted by molar-refractivity contribution is 5.97. The van der Waals surface area contributed by atoms with E-state index in [1.807, 2.05) is 0 Å².